The monoisotopic (exact) mass is 312 g/mol. The van der Waals surface area contributed by atoms with Crippen molar-refractivity contribution in [3.63, 3.8) is 0 Å². The Balaban J connectivity index is 2.54. The number of rotatable bonds is 9. The maximum atomic E-state index is 12.4. The molecular weight excluding hydrogens is 280 g/mol. The van der Waals surface area contributed by atoms with Crippen molar-refractivity contribution in [3.05, 3.63) is 0 Å². The molecule has 0 N–H and O–H groups in total. The molecule has 0 spiro atoms. The highest BCUT2D eigenvalue weighted by Gasteiger charge is 2.38. The van der Waals surface area contributed by atoms with Crippen LogP contribution >= 0.6 is 0 Å². The third-order valence-electron chi connectivity index (χ3n) is 4.56. The van der Waals surface area contributed by atoms with Crippen LogP contribution in [0.1, 0.15) is 78.6 Å². The molecule has 1 aliphatic carbocycles. The molecule has 0 aromatic heterocycles. The van der Waals surface area contributed by atoms with E-state index in [2.05, 4.69) is 6.92 Å². The first-order chi connectivity index (χ1) is 10.6. The summed E-state index contributed by atoms with van der Waals surface area (Å²) in [6.45, 7) is 6.62. The minimum absolute atomic E-state index is 0.0318. The number of ether oxygens (including phenoxy) is 2. The lowest BCUT2D eigenvalue weighted by Crippen LogP contribution is -2.36. The Kier molecular flexibility index (Phi) is 9.17. The molecule has 4 heteroatoms. The molecule has 2 atom stereocenters. The summed E-state index contributed by atoms with van der Waals surface area (Å²) in [6, 6.07) is 0. The second kappa shape index (κ2) is 10.6. The molecule has 1 saturated carbocycles. The minimum atomic E-state index is -0.312. The molecule has 0 radical (unpaired) electrons. The van der Waals surface area contributed by atoms with Gasteiger partial charge in [-0.2, -0.15) is 0 Å². The van der Waals surface area contributed by atoms with E-state index in [9.17, 15) is 9.59 Å². The van der Waals surface area contributed by atoms with Crippen molar-refractivity contribution in [2.45, 2.75) is 84.7 Å². The van der Waals surface area contributed by atoms with E-state index in [-0.39, 0.29) is 29.9 Å². The number of unbranched alkanes of at least 4 members (excludes halogenated alkanes) is 2. The SMILES string of the molecule is CCCCCOC(=O)C1CCCCC1C(=O)OC(CC)CC. The van der Waals surface area contributed by atoms with E-state index >= 15 is 0 Å². The zero-order valence-electron chi connectivity index (χ0n) is 14.4. The molecule has 128 valence electrons. The van der Waals surface area contributed by atoms with Crippen LogP contribution in [0.15, 0.2) is 0 Å². The zero-order valence-corrected chi connectivity index (χ0v) is 14.4. The molecule has 0 aromatic carbocycles. The van der Waals surface area contributed by atoms with Gasteiger partial charge in [-0.3, -0.25) is 9.59 Å². The average Bonchev–Trinajstić information content (AvgIpc) is 2.56. The number of hydrogen-bond acceptors (Lipinski definition) is 4. The molecule has 2 unspecified atom stereocenters. The topological polar surface area (TPSA) is 52.6 Å². The van der Waals surface area contributed by atoms with Gasteiger partial charge in [-0.05, 0) is 32.1 Å². The van der Waals surface area contributed by atoms with Gasteiger partial charge in [-0.1, -0.05) is 46.5 Å². The maximum absolute atomic E-state index is 12.4. The van der Waals surface area contributed by atoms with E-state index in [0.717, 1.165) is 57.8 Å². The van der Waals surface area contributed by atoms with E-state index in [1.807, 2.05) is 13.8 Å². The summed E-state index contributed by atoms with van der Waals surface area (Å²) < 4.78 is 10.9. The predicted molar refractivity (Wildman–Crippen MR) is 86.4 cm³/mol. The van der Waals surface area contributed by atoms with Crippen LogP contribution in [0.5, 0.6) is 0 Å². The standard InChI is InChI=1S/C18H32O4/c1-4-7-10-13-21-17(19)15-11-8-9-12-16(15)18(20)22-14(5-2)6-3/h14-16H,4-13H2,1-3H3. The van der Waals surface area contributed by atoms with E-state index in [1.165, 1.54) is 0 Å². The molecular formula is C18H32O4. The van der Waals surface area contributed by atoms with Crippen LogP contribution in [0.2, 0.25) is 0 Å². The summed E-state index contributed by atoms with van der Waals surface area (Å²) in [5.41, 5.74) is 0. The molecule has 1 rings (SSSR count). The molecule has 1 aliphatic rings. The molecule has 0 aromatic rings. The van der Waals surface area contributed by atoms with E-state index in [1.54, 1.807) is 0 Å². The summed E-state index contributed by atoms with van der Waals surface area (Å²) in [4.78, 5) is 24.7. The summed E-state index contributed by atoms with van der Waals surface area (Å²) in [6.07, 6.45) is 8.15. The molecule has 0 saturated heterocycles. The Hall–Kier alpha value is -1.06. The van der Waals surface area contributed by atoms with Gasteiger partial charge in [0.25, 0.3) is 0 Å². The summed E-state index contributed by atoms with van der Waals surface area (Å²) >= 11 is 0. The van der Waals surface area contributed by atoms with Crippen molar-refractivity contribution in [3.8, 4) is 0 Å². The third kappa shape index (κ3) is 5.98. The molecule has 0 heterocycles. The van der Waals surface area contributed by atoms with Gasteiger partial charge in [-0.15, -0.1) is 0 Å². The first-order valence-corrected chi connectivity index (χ1v) is 9.01. The lowest BCUT2D eigenvalue weighted by molar-refractivity contribution is -0.166. The fourth-order valence-corrected chi connectivity index (χ4v) is 3.03. The van der Waals surface area contributed by atoms with Crippen molar-refractivity contribution >= 4 is 11.9 Å². The quantitative estimate of drug-likeness (QED) is 0.471. The molecule has 0 bridgehead atoms. The first-order valence-electron chi connectivity index (χ1n) is 9.01. The lowest BCUT2D eigenvalue weighted by Gasteiger charge is -2.29. The van der Waals surface area contributed by atoms with Crippen LogP contribution in [0, 0.1) is 11.8 Å². The van der Waals surface area contributed by atoms with Gasteiger partial charge in [0.05, 0.1) is 18.4 Å². The minimum Gasteiger partial charge on any atom is -0.465 e. The lowest BCUT2D eigenvalue weighted by atomic mass is 9.79. The first kappa shape index (κ1) is 19.0. The normalized spacial score (nSPS) is 21.6. The van der Waals surface area contributed by atoms with Crippen molar-refractivity contribution in [2.75, 3.05) is 6.61 Å². The van der Waals surface area contributed by atoms with Crippen molar-refractivity contribution in [1.82, 2.24) is 0 Å². The summed E-state index contributed by atoms with van der Waals surface area (Å²) in [7, 11) is 0. The fraction of sp³-hybridized carbons (Fsp3) is 0.889. The van der Waals surface area contributed by atoms with Gasteiger partial charge in [0.15, 0.2) is 0 Å². The predicted octanol–water partition coefficient (Wildman–Crippen LogP) is 4.26. The maximum Gasteiger partial charge on any atom is 0.310 e. The van der Waals surface area contributed by atoms with Crippen LogP contribution in [0.25, 0.3) is 0 Å². The van der Waals surface area contributed by atoms with E-state index in [0.29, 0.717) is 6.61 Å². The number of esters is 2. The van der Waals surface area contributed by atoms with Gasteiger partial charge in [0, 0.05) is 0 Å². The molecule has 0 amide bonds. The molecule has 0 aliphatic heterocycles. The Morgan fingerprint density at radius 2 is 1.55 bits per heavy atom. The summed E-state index contributed by atoms with van der Waals surface area (Å²) in [5, 5.41) is 0. The Bertz CT molecular complexity index is 336. The fourth-order valence-electron chi connectivity index (χ4n) is 3.03. The third-order valence-corrected chi connectivity index (χ3v) is 4.56. The molecule has 1 fully saturated rings. The van der Waals surface area contributed by atoms with E-state index < -0.39 is 0 Å². The van der Waals surface area contributed by atoms with Gasteiger partial charge in [0.2, 0.25) is 0 Å². The largest absolute Gasteiger partial charge is 0.465 e. The second-order valence-corrected chi connectivity index (χ2v) is 6.25. The Morgan fingerprint density at radius 3 is 2.09 bits per heavy atom. The smallest absolute Gasteiger partial charge is 0.310 e. The highest BCUT2D eigenvalue weighted by atomic mass is 16.5. The van der Waals surface area contributed by atoms with Crippen molar-refractivity contribution < 1.29 is 19.1 Å². The highest BCUT2D eigenvalue weighted by Crippen LogP contribution is 2.32. The number of carbonyl (C=O) groups excluding carboxylic acids is 2. The van der Waals surface area contributed by atoms with Crippen molar-refractivity contribution in [2.24, 2.45) is 11.8 Å². The average molecular weight is 312 g/mol. The molecule has 22 heavy (non-hydrogen) atoms. The van der Waals surface area contributed by atoms with Crippen molar-refractivity contribution in [1.29, 1.82) is 0 Å². The molecule has 4 nitrogen and oxygen atoms in total. The summed E-state index contributed by atoms with van der Waals surface area (Å²) in [5.74, 6) is -1.03. The van der Waals surface area contributed by atoms with E-state index in [4.69, 9.17) is 9.47 Å². The van der Waals surface area contributed by atoms with Crippen LogP contribution in [0.4, 0.5) is 0 Å². The Labute approximate surface area is 134 Å². The van der Waals surface area contributed by atoms with Gasteiger partial charge in [0.1, 0.15) is 6.10 Å². The number of carbonyl (C=O) groups is 2. The van der Waals surface area contributed by atoms with Gasteiger partial charge in [-0.25, -0.2) is 0 Å². The zero-order chi connectivity index (χ0) is 16.4. The van der Waals surface area contributed by atoms with Gasteiger partial charge < -0.3 is 9.47 Å². The Morgan fingerprint density at radius 1 is 0.955 bits per heavy atom. The van der Waals surface area contributed by atoms with Crippen LogP contribution in [0.3, 0.4) is 0 Å². The van der Waals surface area contributed by atoms with Crippen LogP contribution in [-0.4, -0.2) is 24.6 Å². The van der Waals surface area contributed by atoms with Gasteiger partial charge >= 0.3 is 11.9 Å². The highest BCUT2D eigenvalue weighted by molar-refractivity contribution is 5.82. The second-order valence-electron chi connectivity index (χ2n) is 6.25. The number of hydrogen-bond donors (Lipinski definition) is 0. The van der Waals surface area contributed by atoms with Crippen LogP contribution < -0.4 is 0 Å². The van der Waals surface area contributed by atoms with Crippen LogP contribution in [-0.2, 0) is 19.1 Å².